The summed E-state index contributed by atoms with van der Waals surface area (Å²) >= 11 is 0. The van der Waals surface area contributed by atoms with Gasteiger partial charge >= 0.3 is 0 Å². The molecule has 0 nitrogen and oxygen atoms in total. The Morgan fingerprint density at radius 2 is 1.00 bits per heavy atom. The zero-order valence-electron chi connectivity index (χ0n) is 6.54. The number of hydrogen-bond acceptors (Lipinski definition) is 0. The molecule has 0 atom stereocenters. The first-order valence-corrected chi connectivity index (χ1v) is 2.41. The molecule has 0 fully saturated rings. The third-order valence-corrected chi connectivity index (χ3v) is 0. The van der Waals surface area contributed by atoms with Crippen LogP contribution in [0.5, 0.6) is 0 Å². The zero-order valence-corrected chi connectivity index (χ0v) is 12.9. The summed E-state index contributed by atoms with van der Waals surface area (Å²) in [6.07, 6.45) is 0. The Labute approximate surface area is 52.9 Å². The van der Waals surface area contributed by atoms with E-state index in [4.69, 9.17) is 0 Å². The van der Waals surface area contributed by atoms with E-state index in [1.165, 1.54) is 0 Å². The van der Waals surface area contributed by atoms with Crippen molar-refractivity contribution in [3.63, 3.8) is 0 Å². The minimum absolute atomic E-state index is 0. The van der Waals surface area contributed by atoms with Gasteiger partial charge < -0.3 is 0 Å². The minimum atomic E-state index is 0. The van der Waals surface area contributed by atoms with Crippen LogP contribution in [0, 0.1) is 13.8 Å². The Bertz CT molecular complexity index is 62.6. The maximum Gasteiger partial charge on any atom is 0 e. The third kappa shape index (κ3) is 35.0. The van der Waals surface area contributed by atoms with E-state index in [1.54, 1.807) is 0 Å². The van der Waals surface area contributed by atoms with Crippen LogP contribution in [-0.4, -0.2) is 0 Å². The molecule has 0 aliphatic heterocycles. The number of allylic oxidation sites excluding steroid dienone is 2. The van der Waals surface area contributed by atoms with E-state index < -0.39 is 0 Å². The molecule has 0 aliphatic rings. The van der Waals surface area contributed by atoms with Crippen LogP contribution in [0.25, 0.3) is 0 Å². The van der Waals surface area contributed by atoms with Crippen molar-refractivity contribution in [2.75, 3.05) is 0 Å². The van der Waals surface area contributed by atoms with Crippen molar-refractivity contribution in [2.24, 2.45) is 0 Å². The van der Waals surface area contributed by atoms with E-state index in [0.29, 0.717) is 0 Å². The van der Waals surface area contributed by atoms with Gasteiger partial charge in [0, 0.05) is 0 Å². The van der Waals surface area contributed by atoms with Gasteiger partial charge in [-0.2, -0.15) is 0 Å². The van der Waals surface area contributed by atoms with Crippen LogP contribution in [0.2, 0.25) is 0 Å². The maximum atomic E-state index is 3.44. The Kier molecular flexibility index (Phi) is 16.6. The molecule has 0 saturated heterocycles. The summed E-state index contributed by atoms with van der Waals surface area (Å²) in [5.74, 6) is 0. The minimum Gasteiger partial charge on any atom is -0.242 e. The van der Waals surface area contributed by atoms with E-state index in [0.717, 1.165) is 11.1 Å². The molecule has 1 heteroatoms. The van der Waals surface area contributed by atoms with Gasteiger partial charge in [0.05, 0.1) is 0 Å². The van der Waals surface area contributed by atoms with Crippen molar-refractivity contribution in [3.8, 4) is 0 Å². The summed E-state index contributed by atoms with van der Waals surface area (Å²) in [7, 11) is 0. The van der Waals surface area contributed by atoms with Crippen molar-refractivity contribution >= 4 is 0 Å². The summed E-state index contributed by atoms with van der Waals surface area (Å²) in [6.45, 7) is 17.5. The normalized spacial score (nSPS) is 5.56. The molecule has 0 unspecified atom stereocenters. The summed E-state index contributed by atoms with van der Waals surface area (Å²) in [4.78, 5) is 0. The predicted molar refractivity (Wildman–Crippen MR) is 40.3 cm³/mol. The quantitative estimate of drug-likeness (QED) is 0.570. The van der Waals surface area contributed by atoms with Gasteiger partial charge in [-0.3, -0.25) is 0 Å². The molecule has 0 heterocycles. The van der Waals surface area contributed by atoms with Crippen molar-refractivity contribution in [3.05, 3.63) is 38.2 Å². The van der Waals surface area contributed by atoms with Crippen LogP contribution < -0.4 is 0 Å². The molecule has 0 aromatic carbocycles. The van der Waals surface area contributed by atoms with Gasteiger partial charge in [0.2, 0.25) is 0 Å². The van der Waals surface area contributed by atoms with Crippen molar-refractivity contribution in [1.29, 1.82) is 0 Å². The van der Waals surface area contributed by atoms with Gasteiger partial charge in [-0.15, -0.1) is 0 Å². The van der Waals surface area contributed by atoms with E-state index in [2.05, 4.69) is 27.0 Å². The molecular formula is C8H14Rf-2. The Morgan fingerprint density at radius 3 is 1.00 bits per heavy atom. The summed E-state index contributed by atoms with van der Waals surface area (Å²) < 4.78 is 0. The van der Waals surface area contributed by atoms with Crippen LogP contribution in [0.3, 0.4) is 0 Å². The first-order valence-electron chi connectivity index (χ1n) is 2.41. The van der Waals surface area contributed by atoms with Crippen LogP contribution in [0.1, 0.15) is 13.8 Å². The van der Waals surface area contributed by atoms with E-state index >= 15 is 0 Å². The molecule has 9 heavy (non-hydrogen) atoms. The van der Waals surface area contributed by atoms with Crippen molar-refractivity contribution < 1.29 is 0 Å². The second-order valence-electron chi connectivity index (χ2n) is 1.91. The first kappa shape index (κ1) is 15.7. The topological polar surface area (TPSA) is 0 Å². The van der Waals surface area contributed by atoms with Gasteiger partial charge in [0.15, 0.2) is 0 Å². The largest absolute Gasteiger partial charge is 0.242 e. The standard InChI is InChI=1S/2C4H7.Rf/c2*1-4(2)3;/h2*1-2H2,3H3;/q2*-1;. The molecule has 0 N–H and O–H groups in total. The van der Waals surface area contributed by atoms with E-state index in [9.17, 15) is 0 Å². The molecule has 50 valence electrons. The number of rotatable bonds is 0. The summed E-state index contributed by atoms with van der Waals surface area (Å²) in [6, 6.07) is 0. The van der Waals surface area contributed by atoms with Crippen molar-refractivity contribution in [2.45, 2.75) is 13.8 Å². The molecule has 0 rings (SSSR count). The first-order chi connectivity index (χ1) is 3.46. The van der Waals surface area contributed by atoms with Crippen LogP contribution >= 0.6 is 0 Å². The second kappa shape index (κ2) is 9.52. The van der Waals surface area contributed by atoms with E-state index in [-0.39, 0.29) is 0 Å². The molecular weight excluding hydrogens is 363 g/mol. The van der Waals surface area contributed by atoms with Crippen LogP contribution in [0.4, 0.5) is 0 Å². The average Bonchev–Trinajstić information content (AvgIpc) is 1.25. The Balaban J connectivity index is -0.0000000720. The summed E-state index contributed by atoms with van der Waals surface area (Å²) in [5.41, 5.74) is 1.83. The Hall–Kier alpha value is -1.78. The fourth-order valence-electron chi connectivity index (χ4n) is 0. The van der Waals surface area contributed by atoms with Gasteiger partial charge in [0.1, 0.15) is 0 Å². The van der Waals surface area contributed by atoms with Crippen LogP contribution in [0.15, 0.2) is 24.3 Å². The molecule has 0 amide bonds. The molecule has 0 radical (unpaired) electrons. The monoisotopic (exact) mass is 377 g/mol. The van der Waals surface area contributed by atoms with Gasteiger partial charge in [-0.05, 0) is 0 Å². The smallest absolute Gasteiger partial charge is 0 e. The molecule has 0 spiro atoms. The van der Waals surface area contributed by atoms with Crippen LogP contribution in [-0.2, 0) is 0 Å². The molecule has 0 aliphatic carbocycles. The fraction of sp³-hybridized carbons (Fsp3) is 0.250. The molecule has 0 aromatic rings. The predicted octanol–water partition coefficient (Wildman–Crippen LogP) is 2.79. The van der Waals surface area contributed by atoms with Gasteiger partial charge in [-0.25, -0.2) is 38.2 Å². The number of hydrogen-bond donors (Lipinski definition) is 0. The zero-order chi connectivity index (χ0) is 7.15. The fourth-order valence-corrected chi connectivity index (χ4v) is 0. The molecule has 0 bridgehead atoms. The average molecular weight is 377 g/mol. The Morgan fingerprint density at radius 1 is 1.00 bits per heavy atom. The molecule has 0 aromatic heterocycles. The van der Waals surface area contributed by atoms with E-state index in [1.807, 2.05) is 13.8 Å². The molecule has 0 saturated carbocycles. The van der Waals surface area contributed by atoms with Gasteiger partial charge in [-0.1, -0.05) is 13.8 Å². The summed E-state index contributed by atoms with van der Waals surface area (Å²) in [5, 5.41) is 0. The second-order valence-corrected chi connectivity index (χ2v) is 1.91. The third-order valence-electron chi connectivity index (χ3n) is 0. The van der Waals surface area contributed by atoms with Gasteiger partial charge in [0.25, 0.3) is 0 Å². The maximum absolute atomic E-state index is 3.44. The van der Waals surface area contributed by atoms with Crippen molar-refractivity contribution in [1.82, 2.24) is 0 Å². The SMILES string of the molecule is C=C([CH2-])C.C=C([CH2-])C.[Rf].